The van der Waals surface area contributed by atoms with Crippen molar-refractivity contribution in [3.63, 3.8) is 0 Å². The SMILES string of the molecule is NCCC(N)CN/[N+]([O-])=N/[O-]. The van der Waals surface area contributed by atoms with Crippen molar-refractivity contribution in [2.24, 2.45) is 16.7 Å². The van der Waals surface area contributed by atoms with Gasteiger partial charge in [-0.25, -0.2) is 0 Å². The van der Waals surface area contributed by atoms with Gasteiger partial charge in [-0.15, -0.1) is 0 Å². The summed E-state index contributed by atoms with van der Waals surface area (Å²) in [5.74, 6) is 0. The molecular formula is C4H12N5O2-. The summed E-state index contributed by atoms with van der Waals surface area (Å²) in [6.07, 6.45) is 0.597. The highest BCUT2D eigenvalue weighted by molar-refractivity contribution is 4.61. The lowest BCUT2D eigenvalue weighted by Crippen LogP contribution is -2.38. The van der Waals surface area contributed by atoms with Crippen LogP contribution in [-0.2, 0) is 0 Å². The van der Waals surface area contributed by atoms with Gasteiger partial charge in [-0.1, -0.05) is 0 Å². The van der Waals surface area contributed by atoms with E-state index in [4.69, 9.17) is 11.5 Å². The van der Waals surface area contributed by atoms with E-state index in [2.05, 4.69) is 10.7 Å². The van der Waals surface area contributed by atoms with Gasteiger partial charge >= 0.3 is 0 Å². The van der Waals surface area contributed by atoms with Crippen LogP contribution >= 0.6 is 0 Å². The van der Waals surface area contributed by atoms with Crippen molar-refractivity contribution >= 4 is 0 Å². The molecule has 0 amide bonds. The lowest BCUT2D eigenvalue weighted by atomic mass is 10.2. The molecule has 0 saturated heterocycles. The van der Waals surface area contributed by atoms with Crippen LogP contribution in [0.4, 0.5) is 0 Å². The molecule has 11 heavy (non-hydrogen) atoms. The molecule has 7 heteroatoms. The van der Waals surface area contributed by atoms with E-state index in [1.54, 1.807) is 0 Å². The van der Waals surface area contributed by atoms with Crippen LogP contribution in [0.1, 0.15) is 6.42 Å². The highest BCUT2D eigenvalue weighted by Gasteiger charge is 2.01. The van der Waals surface area contributed by atoms with E-state index in [0.717, 1.165) is 0 Å². The van der Waals surface area contributed by atoms with E-state index in [1.807, 2.05) is 0 Å². The van der Waals surface area contributed by atoms with Gasteiger partial charge in [0.2, 0.25) is 0 Å². The van der Waals surface area contributed by atoms with Crippen LogP contribution in [0.25, 0.3) is 0 Å². The Morgan fingerprint density at radius 3 is 2.73 bits per heavy atom. The van der Waals surface area contributed by atoms with Gasteiger partial charge in [-0.05, 0) is 18.2 Å². The molecule has 1 unspecified atom stereocenters. The third-order valence-electron chi connectivity index (χ3n) is 1.10. The molecule has 0 aromatic heterocycles. The Kier molecular flexibility index (Phi) is 5.13. The maximum absolute atomic E-state index is 10.2. The van der Waals surface area contributed by atoms with E-state index >= 15 is 0 Å². The maximum Gasteiger partial charge on any atom is 0.0889 e. The number of hydrogen-bond acceptors (Lipinski definition) is 5. The Bertz CT molecular complexity index is 128. The van der Waals surface area contributed by atoms with Crippen molar-refractivity contribution in [3.8, 4) is 0 Å². The van der Waals surface area contributed by atoms with Gasteiger partial charge in [0.15, 0.2) is 0 Å². The molecule has 1 atom stereocenters. The molecule has 0 radical (unpaired) electrons. The number of hydrogen-bond donors (Lipinski definition) is 3. The molecule has 66 valence electrons. The van der Waals surface area contributed by atoms with Crippen LogP contribution in [-0.4, -0.2) is 24.1 Å². The van der Waals surface area contributed by atoms with Gasteiger partial charge < -0.3 is 21.9 Å². The first-order valence-electron chi connectivity index (χ1n) is 3.20. The number of nitrogens with two attached hydrogens (primary N) is 2. The highest BCUT2D eigenvalue weighted by atomic mass is 16.6. The lowest BCUT2D eigenvalue weighted by molar-refractivity contribution is -0.586. The fourth-order valence-electron chi connectivity index (χ4n) is 0.540. The molecule has 0 aliphatic carbocycles. The molecule has 0 rings (SSSR count). The van der Waals surface area contributed by atoms with Gasteiger partial charge in [-0.3, -0.25) is 0 Å². The Labute approximate surface area is 64.2 Å². The molecular weight excluding hydrogens is 150 g/mol. The van der Waals surface area contributed by atoms with Crippen LogP contribution in [0.5, 0.6) is 0 Å². The van der Waals surface area contributed by atoms with Gasteiger partial charge in [0.25, 0.3) is 0 Å². The molecule has 0 heterocycles. The van der Waals surface area contributed by atoms with Crippen LogP contribution in [0, 0.1) is 10.4 Å². The number of rotatable bonds is 5. The summed E-state index contributed by atoms with van der Waals surface area (Å²) >= 11 is 0. The molecule has 0 bridgehead atoms. The van der Waals surface area contributed by atoms with E-state index < -0.39 is 0 Å². The third-order valence-corrected chi connectivity index (χ3v) is 1.10. The zero-order chi connectivity index (χ0) is 8.69. The Morgan fingerprint density at radius 2 is 2.27 bits per heavy atom. The molecule has 0 saturated carbocycles. The molecule has 0 aliphatic rings. The minimum Gasteiger partial charge on any atom is -0.737 e. The fraction of sp³-hybridized carbons (Fsp3) is 1.00. The normalized spacial score (nSPS) is 14.5. The summed E-state index contributed by atoms with van der Waals surface area (Å²) in [5, 5.41) is 21.7. The average Bonchev–Trinajstić information content (AvgIpc) is 2.01. The monoisotopic (exact) mass is 162 g/mol. The summed E-state index contributed by atoms with van der Waals surface area (Å²) in [6.45, 7) is 0.655. The quantitative estimate of drug-likeness (QED) is 0.261. The second kappa shape index (κ2) is 5.69. The zero-order valence-electron chi connectivity index (χ0n) is 6.06. The number of hydrazine groups is 1. The standard InChI is InChI=1S/C4H13N5O2/c5-2-1-4(6)3-7-9(11)8-10/h4,10H,1-3,5-6H2,(H,7,8)/p-1. The summed E-state index contributed by atoms with van der Waals surface area (Å²) in [4.78, 5) is -0.170. The summed E-state index contributed by atoms with van der Waals surface area (Å²) in [7, 11) is 0. The number of nitrogens with zero attached hydrogens (tertiary/aromatic N) is 2. The van der Waals surface area contributed by atoms with Gasteiger partial charge in [0.1, 0.15) is 0 Å². The molecule has 0 spiro atoms. The van der Waals surface area contributed by atoms with Gasteiger partial charge in [-0.2, -0.15) is 5.43 Å². The molecule has 0 aliphatic heterocycles. The van der Waals surface area contributed by atoms with Crippen molar-refractivity contribution in [2.75, 3.05) is 13.1 Å². The Morgan fingerprint density at radius 1 is 1.64 bits per heavy atom. The lowest BCUT2D eigenvalue weighted by Gasteiger charge is -2.09. The maximum atomic E-state index is 10.2. The first-order chi connectivity index (χ1) is 5.20. The van der Waals surface area contributed by atoms with Crippen molar-refractivity contribution in [3.05, 3.63) is 10.4 Å². The van der Waals surface area contributed by atoms with Crippen molar-refractivity contribution in [1.82, 2.24) is 5.43 Å². The van der Waals surface area contributed by atoms with Crippen LogP contribution < -0.4 is 16.9 Å². The van der Waals surface area contributed by atoms with Gasteiger partial charge in [0, 0.05) is 11.0 Å². The summed E-state index contributed by atoms with van der Waals surface area (Å²) in [5.41, 5.74) is 12.8. The second-order valence-corrected chi connectivity index (χ2v) is 2.05. The van der Waals surface area contributed by atoms with Crippen LogP contribution in [0.3, 0.4) is 0 Å². The summed E-state index contributed by atoms with van der Waals surface area (Å²) in [6, 6.07) is -0.224. The predicted octanol–water partition coefficient (Wildman–Crippen LogP) is -1.37. The summed E-state index contributed by atoms with van der Waals surface area (Å²) < 4.78 is 0. The van der Waals surface area contributed by atoms with E-state index in [9.17, 15) is 10.4 Å². The molecule has 0 aromatic rings. The minimum absolute atomic E-state index is 0.170. The highest BCUT2D eigenvalue weighted by Crippen LogP contribution is 1.81. The predicted molar refractivity (Wildman–Crippen MR) is 39.1 cm³/mol. The van der Waals surface area contributed by atoms with Crippen molar-refractivity contribution < 1.29 is 4.97 Å². The number of nitrogens with one attached hydrogen (secondary N) is 1. The van der Waals surface area contributed by atoms with Gasteiger partial charge in [0.05, 0.1) is 6.54 Å². The average molecular weight is 162 g/mol. The fourth-order valence-corrected chi connectivity index (χ4v) is 0.540. The van der Waals surface area contributed by atoms with Crippen molar-refractivity contribution in [2.45, 2.75) is 12.5 Å². The zero-order valence-corrected chi connectivity index (χ0v) is 6.06. The van der Waals surface area contributed by atoms with Crippen molar-refractivity contribution in [1.29, 1.82) is 0 Å². The van der Waals surface area contributed by atoms with E-state index in [0.29, 0.717) is 13.0 Å². The van der Waals surface area contributed by atoms with E-state index in [1.165, 1.54) is 0 Å². The molecule has 0 aromatic carbocycles. The first kappa shape index (κ1) is 9.92. The molecule has 5 N–H and O–H groups in total. The Hall–Kier alpha value is -1.08. The third kappa shape index (κ3) is 5.37. The Balaban J connectivity index is 3.37. The largest absolute Gasteiger partial charge is 0.737 e. The second-order valence-electron chi connectivity index (χ2n) is 2.05. The first-order valence-corrected chi connectivity index (χ1v) is 3.20. The molecule has 7 nitrogen and oxygen atoms in total. The molecule has 0 fully saturated rings. The smallest absolute Gasteiger partial charge is 0.0889 e. The van der Waals surface area contributed by atoms with Crippen LogP contribution in [0.15, 0.2) is 5.28 Å². The topological polar surface area (TPSA) is 126 Å². The minimum atomic E-state index is -0.224. The van der Waals surface area contributed by atoms with Crippen LogP contribution in [0.2, 0.25) is 0 Å². The van der Waals surface area contributed by atoms with E-state index in [-0.39, 0.29) is 17.6 Å².